The van der Waals surface area contributed by atoms with Crippen molar-refractivity contribution in [2.24, 2.45) is 0 Å². The first kappa shape index (κ1) is 8.95. The third kappa shape index (κ3) is 5.09. The number of carbonyl (C=O) groups excluding carboxylic acids is 1. The van der Waals surface area contributed by atoms with Crippen molar-refractivity contribution >= 4 is 5.78 Å². The number of ketones is 1. The summed E-state index contributed by atoms with van der Waals surface area (Å²) >= 11 is 0. The second kappa shape index (κ2) is 4.79. The quantitative estimate of drug-likeness (QED) is 0.337. The van der Waals surface area contributed by atoms with Crippen molar-refractivity contribution in [3.8, 4) is 0 Å². The van der Waals surface area contributed by atoms with Crippen LogP contribution in [0, 0.1) is 0 Å². The molecule has 0 atom stereocenters. The molecule has 0 amide bonds. The van der Waals surface area contributed by atoms with E-state index in [1.54, 1.807) is 6.08 Å². The number of rotatable bonds is 4. The molecule has 10 heavy (non-hydrogen) atoms. The van der Waals surface area contributed by atoms with E-state index in [1.165, 1.54) is 13.0 Å². The highest BCUT2D eigenvalue weighted by molar-refractivity contribution is 5.87. The first-order chi connectivity index (χ1) is 4.66. The van der Waals surface area contributed by atoms with Crippen molar-refractivity contribution in [3.05, 3.63) is 24.5 Å². The van der Waals surface area contributed by atoms with E-state index in [4.69, 9.17) is 4.74 Å². The molecule has 0 aliphatic carbocycles. The minimum absolute atomic E-state index is 0.000790. The van der Waals surface area contributed by atoms with Gasteiger partial charge in [-0.15, -0.1) is 0 Å². The molecule has 0 aromatic heterocycles. The summed E-state index contributed by atoms with van der Waals surface area (Å²) in [5.41, 5.74) is 0. The molecule has 2 nitrogen and oxygen atoms in total. The first-order valence-electron chi connectivity index (χ1n) is 3.17. The Hall–Kier alpha value is -1.05. The van der Waals surface area contributed by atoms with Gasteiger partial charge in [0.05, 0.1) is 6.61 Å². The summed E-state index contributed by atoms with van der Waals surface area (Å²) in [6, 6.07) is 0. The van der Waals surface area contributed by atoms with Crippen molar-refractivity contribution in [1.29, 1.82) is 0 Å². The SMILES string of the molecule is C=C(/C=C/C(C)=O)OCC. The maximum atomic E-state index is 10.4. The van der Waals surface area contributed by atoms with Crippen LogP contribution in [0.2, 0.25) is 0 Å². The zero-order valence-electron chi connectivity index (χ0n) is 6.39. The molecule has 0 aliphatic heterocycles. The van der Waals surface area contributed by atoms with E-state index in [0.29, 0.717) is 12.4 Å². The van der Waals surface area contributed by atoms with Crippen LogP contribution in [-0.2, 0) is 9.53 Å². The van der Waals surface area contributed by atoms with E-state index in [1.807, 2.05) is 6.92 Å². The van der Waals surface area contributed by atoms with Crippen molar-refractivity contribution < 1.29 is 9.53 Å². The van der Waals surface area contributed by atoms with Gasteiger partial charge in [0.25, 0.3) is 0 Å². The smallest absolute Gasteiger partial charge is 0.152 e. The predicted octanol–water partition coefficient (Wildman–Crippen LogP) is 1.68. The van der Waals surface area contributed by atoms with E-state index in [2.05, 4.69) is 6.58 Å². The fourth-order valence-corrected chi connectivity index (χ4v) is 0.444. The molecule has 0 rings (SSSR count). The molecule has 0 unspecified atom stereocenters. The van der Waals surface area contributed by atoms with Crippen LogP contribution in [0.15, 0.2) is 24.5 Å². The Bertz CT molecular complexity index is 157. The Kier molecular flexibility index (Phi) is 4.29. The Balaban J connectivity index is 3.67. The third-order valence-electron chi connectivity index (χ3n) is 0.834. The van der Waals surface area contributed by atoms with E-state index in [0.717, 1.165) is 0 Å². The zero-order chi connectivity index (χ0) is 7.98. The van der Waals surface area contributed by atoms with Gasteiger partial charge in [-0.2, -0.15) is 0 Å². The minimum atomic E-state index is 0.000790. The number of hydrogen-bond donors (Lipinski definition) is 0. The van der Waals surface area contributed by atoms with E-state index < -0.39 is 0 Å². The van der Waals surface area contributed by atoms with Crippen molar-refractivity contribution in [2.75, 3.05) is 6.61 Å². The molecule has 0 saturated heterocycles. The van der Waals surface area contributed by atoms with Crippen LogP contribution in [0.5, 0.6) is 0 Å². The van der Waals surface area contributed by atoms with Crippen LogP contribution < -0.4 is 0 Å². The Morgan fingerprint density at radius 3 is 2.60 bits per heavy atom. The van der Waals surface area contributed by atoms with Gasteiger partial charge in [0.2, 0.25) is 0 Å². The van der Waals surface area contributed by atoms with Gasteiger partial charge in [0.15, 0.2) is 5.78 Å². The van der Waals surface area contributed by atoms with Gasteiger partial charge in [-0.3, -0.25) is 4.79 Å². The van der Waals surface area contributed by atoms with Gasteiger partial charge in [0.1, 0.15) is 5.76 Å². The molecule has 0 aromatic carbocycles. The van der Waals surface area contributed by atoms with Gasteiger partial charge in [-0.1, -0.05) is 6.58 Å². The van der Waals surface area contributed by atoms with Gasteiger partial charge in [-0.05, 0) is 26.0 Å². The average molecular weight is 140 g/mol. The second-order valence-corrected chi connectivity index (χ2v) is 1.84. The fourth-order valence-electron chi connectivity index (χ4n) is 0.444. The summed E-state index contributed by atoms with van der Waals surface area (Å²) in [6.45, 7) is 7.49. The number of carbonyl (C=O) groups is 1. The largest absolute Gasteiger partial charge is 0.495 e. The molecule has 56 valence electrons. The minimum Gasteiger partial charge on any atom is -0.495 e. The summed E-state index contributed by atoms with van der Waals surface area (Å²) < 4.78 is 4.96. The summed E-state index contributed by atoms with van der Waals surface area (Å²) in [7, 11) is 0. The predicted molar refractivity (Wildman–Crippen MR) is 40.6 cm³/mol. The Morgan fingerprint density at radius 2 is 2.20 bits per heavy atom. The molecule has 2 heteroatoms. The van der Waals surface area contributed by atoms with Gasteiger partial charge in [0, 0.05) is 0 Å². The topological polar surface area (TPSA) is 26.3 Å². The zero-order valence-corrected chi connectivity index (χ0v) is 6.39. The maximum absolute atomic E-state index is 10.4. The van der Waals surface area contributed by atoms with Crippen molar-refractivity contribution in [2.45, 2.75) is 13.8 Å². The molecule has 0 bridgehead atoms. The molecular weight excluding hydrogens is 128 g/mol. The molecule has 0 aliphatic rings. The molecule has 0 N–H and O–H groups in total. The van der Waals surface area contributed by atoms with Crippen LogP contribution in [0.25, 0.3) is 0 Å². The van der Waals surface area contributed by atoms with Gasteiger partial charge < -0.3 is 4.74 Å². The standard InChI is InChI=1S/C8H12O2/c1-4-10-8(3)6-5-7(2)9/h5-6H,3-4H2,1-2H3/b6-5+. The molecule has 0 spiro atoms. The van der Waals surface area contributed by atoms with E-state index >= 15 is 0 Å². The molecule has 0 saturated carbocycles. The second-order valence-electron chi connectivity index (χ2n) is 1.84. The number of ether oxygens (including phenoxy) is 1. The van der Waals surface area contributed by atoms with Crippen molar-refractivity contribution in [3.63, 3.8) is 0 Å². The molecule has 0 radical (unpaired) electrons. The lowest BCUT2D eigenvalue weighted by Gasteiger charge is -1.98. The van der Waals surface area contributed by atoms with Crippen LogP contribution in [-0.4, -0.2) is 12.4 Å². The summed E-state index contributed by atoms with van der Waals surface area (Å²) in [5, 5.41) is 0. The average Bonchev–Trinajstić information content (AvgIpc) is 1.85. The van der Waals surface area contributed by atoms with Gasteiger partial charge >= 0.3 is 0 Å². The van der Waals surface area contributed by atoms with Crippen LogP contribution >= 0.6 is 0 Å². The highest BCUT2D eigenvalue weighted by Gasteiger charge is 1.85. The number of allylic oxidation sites excluding steroid dienone is 2. The highest BCUT2D eigenvalue weighted by atomic mass is 16.5. The fraction of sp³-hybridized carbons (Fsp3) is 0.375. The van der Waals surface area contributed by atoms with Crippen molar-refractivity contribution in [1.82, 2.24) is 0 Å². The van der Waals surface area contributed by atoms with Crippen LogP contribution in [0.3, 0.4) is 0 Å². The summed E-state index contributed by atoms with van der Waals surface area (Å²) in [5.74, 6) is 0.526. The first-order valence-corrected chi connectivity index (χ1v) is 3.17. The monoisotopic (exact) mass is 140 g/mol. The van der Waals surface area contributed by atoms with Crippen LogP contribution in [0.4, 0.5) is 0 Å². The lowest BCUT2D eigenvalue weighted by Crippen LogP contribution is -1.87. The van der Waals surface area contributed by atoms with Crippen LogP contribution in [0.1, 0.15) is 13.8 Å². The lowest BCUT2D eigenvalue weighted by atomic mass is 10.4. The molecule has 0 aromatic rings. The van der Waals surface area contributed by atoms with E-state index in [-0.39, 0.29) is 5.78 Å². The maximum Gasteiger partial charge on any atom is 0.152 e. The Morgan fingerprint density at radius 1 is 1.60 bits per heavy atom. The number of hydrogen-bond acceptors (Lipinski definition) is 2. The Labute approximate surface area is 61.2 Å². The third-order valence-corrected chi connectivity index (χ3v) is 0.834. The van der Waals surface area contributed by atoms with Gasteiger partial charge in [-0.25, -0.2) is 0 Å². The normalized spacial score (nSPS) is 9.80. The highest BCUT2D eigenvalue weighted by Crippen LogP contribution is 1.94. The molecule has 0 fully saturated rings. The summed E-state index contributed by atoms with van der Waals surface area (Å²) in [6.07, 6.45) is 2.99. The molecule has 0 heterocycles. The summed E-state index contributed by atoms with van der Waals surface area (Å²) in [4.78, 5) is 10.4. The molecular formula is C8H12O2. The lowest BCUT2D eigenvalue weighted by molar-refractivity contribution is -0.112. The van der Waals surface area contributed by atoms with E-state index in [9.17, 15) is 4.79 Å².